The van der Waals surface area contributed by atoms with Crippen molar-refractivity contribution in [3.05, 3.63) is 29.6 Å². The van der Waals surface area contributed by atoms with Crippen molar-refractivity contribution in [2.45, 2.75) is 26.3 Å². The summed E-state index contributed by atoms with van der Waals surface area (Å²) in [5.74, 6) is 0.353. The second-order valence-electron chi connectivity index (χ2n) is 3.69. The van der Waals surface area contributed by atoms with Gasteiger partial charge < -0.3 is 15.2 Å². The summed E-state index contributed by atoms with van der Waals surface area (Å²) in [5.41, 5.74) is 6.46. The zero-order valence-corrected chi connectivity index (χ0v) is 9.70. The molecule has 0 spiro atoms. The largest absolute Gasteiger partial charge is 0.467 e. The molecule has 3 nitrogen and oxygen atoms in total. The third kappa shape index (κ3) is 4.16. The van der Waals surface area contributed by atoms with E-state index in [0.29, 0.717) is 18.8 Å². The van der Waals surface area contributed by atoms with Crippen LogP contribution in [0.15, 0.2) is 18.2 Å². The monoisotopic (exact) mass is 227 g/mol. The van der Waals surface area contributed by atoms with Crippen molar-refractivity contribution < 1.29 is 13.9 Å². The van der Waals surface area contributed by atoms with E-state index in [9.17, 15) is 4.39 Å². The fourth-order valence-corrected chi connectivity index (χ4v) is 1.38. The molecule has 0 heterocycles. The van der Waals surface area contributed by atoms with Crippen LogP contribution in [0, 0.1) is 5.82 Å². The summed E-state index contributed by atoms with van der Waals surface area (Å²) in [7, 11) is 0. The minimum absolute atomic E-state index is 0.0313. The smallest absolute Gasteiger partial charge is 0.189 e. The topological polar surface area (TPSA) is 44.5 Å². The van der Waals surface area contributed by atoms with Crippen molar-refractivity contribution in [2.75, 3.05) is 13.4 Å². The second kappa shape index (κ2) is 6.45. The average Bonchev–Trinajstić information content (AvgIpc) is 2.20. The molecule has 0 bridgehead atoms. The molecule has 0 fully saturated rings. The SMILES string of the molecule is CCOCOc1ccc(F)cc1CC(C)N. The minimum Gasteiger partial charge on any atom is -0.467 e. The maximum atomic E-state index is 13.1. The third-order valence-corrected chi connectivity index (χ3v) is 2.07. The van der Waals surface area contributed by atoms with Gasteiger partial charge in [0.2, 0.25) is 0 Å². The highest BCUT2D eigenvalue weighted by molar-refractivity contribution is 5.34. The Balaban J connectivity index is 2.72. The molecule has 1 unspecified atom stereocenters. The van der Waals surface area contributed by atoms with E-state index < -0.39 is 0 Å². The summed E-state index contributed by atoms with van der Waals surface area (Å²) in [6.07, 6.45) is 0.583. The predicted molar refractivity (Wildman–Crippen MR) is 60.9 cm³/mol. The van der Waals surface area contributed by atoms with Gasteiger partial charge in [0.05, 0.1) is 0 Å². The Labute approximate surface area is 95.4 Å². The Bertz CT molecular complexity index is 329. The number of benzene rings is 1. The third-order valence-electron chi connectivity index (χ3n) is 2.07. The summed E-state index contributed by atoms with van der Waals surface area (Å²) >= 11 is 0. The van der Waals surface area contributed by atoms with E-state index in [1.54, 1.807) is 6.07 Å². The van der Waals surface area contributed by atoms with Gasteiger partial charge in [0, 0.05) is 12.6 Å². The Morgan fingerprint density at radius 1 is 1.44 bits per heavy atom. The molecule has 1 rings (SSSR count). The molecule has 90 valence electrons. The fraction of sp³-hybridized carbons (Fsp3) is 0.500. The molecule has 0 aliphatic carbocycles. The summed E-state index contributed by atoms with van der Waals surface area (Å²) in [5, 5.41) is 0. The molecule has 1 atom stereocenters. The van der Waals surface area contributed by atoms with Gasteiger partial charge in [-0.15, -0.1) is 0 Å². The predicted octanol–water partition coefficient (Wildman–Crippen LogP) is 2.09. The van der Waals surface area contributed by atoms with E-state index in [1.807, 2.05) is 13.8 Å². The lowest BCUT2D eigenvalue weighted by Gasteiger charge is -2.13. The average molecular weight is 227 g/mol. The van der Waals surface area contributed by atoms with Gasteiger partial charge in [-0.2, -0.15) is 0 Å². The van der Waals surface area contributed by atoms with Crippen LogP contribution in [0.25, 0.3) is 0 Å². The number of nitrogens with two attached hydrogens (primary N) is 1. The van der Waals surface area contributed by atoms with Crippen LogP contribution in [0.1, 0.15) is 19.4 Å². The molecule has 0 aliphatic rings. The number of ether oxygens (including phenoxy) is 2. The van der Waals surface area contributed by atoms with Crippen molar-refractivity contribution >= 4 is 0 Å². The lowest BCUT2D eigenvalue weighted by molar-refractivity contribution is 0.0217. The van der Waals surface area contributed by atoms with Crippen molar-refractivity contribution in [1.29, 1.82) is 0 Å². The van der Waals surface area contributed by atoms with E-state index in [-0.39, 0.29) is 18.7 Å². The molecule has 0 radical (unpaired) electrons. The van der Waals surface area contributed by atoms with E-state index >= 15 is 0 Å². The molecule has 1 aromatic rings. The summed E-state index contributed by atoms with van der Waals surface area (Å²) in [4.78, 5) is 0. The molecule has 0 aromatic heterocycles. The first-order valence-corrected chi connectivity index (χ1v) is 5.38. The summed E-state index contributed by atoms with van der Waals surface area (Å²) in [6.45, 7) is 4.52. The summed E-state index contributed by atoms with van der Waals surface area (Å²) in [6, 6.07) is 4.39. The molecule has 1 aromatic carbocycles. The van der Waals surface area contributed by atoms with Gasteiger partial charge in [0.25, 0.3) is 0 Å². The fourth-order valence-electron chi connectivity index (χ4n) is 1.38. The van der Waals surface area contributed by atoms with E-state index in [2.05, 4.69) is 0 Å². The van der Waals surface area contributed by atoms with Crippen LogP contribution in [0.3, 0.4) is 0 Å². The van der Waals surface area contributed by atoms with Crippen molar-refractivity contribution in [2.24, 2.45) is 5.73 Å². The van der Waals surface area contributed by atoms with E-state index in [4.69, 9.17) is 15.2 Å². The standard InChI is InChI=1S/C12H18FNO2/c1-3-15-8-16-12-5-4-11(13)7-10(12)6-9(2)14/h4-5,7,9H,3,6,8,14H2,1-2H3. The first-order chi connectivity index (χ1) is 7.63. The van der Waals surface area contributed by atoms with Gasteiger partial charge in [-0.25, -0.2) is 4.39 Å². The van der Waals surface area contributed by atoms with Gasteiger partial charge in [0.15, 0.2) is 6.79 Å². The number of hydrogen-bond acceptors (Lipinski definition) is 3. The number of rotatable bonds is 6. The van der Waals surface area contributed by atoms with Crippen LogP contribution in [0.2, 0.25) is 0 Å². The molecule has 4 heteroatoms. The van der Waals surface area contributed by atoms with Crippen molar-refractivity contribution in [3.8, 4) is 5.75 Å². The normalized spacial score (nSPS) is 12.5. The van der Waals surface area contributed by atoms with E-state index in [0.717, 1.165) is 5.56 Å². The highest BCUT2D eigenvalue weighted by Gasteiger charge is 2.07. The molecule has 16 heavy (non-hydrogen) atoms. The van der Waals surface area contributed by atoms with Crippen LogP contribution in [0.5, 0.6) is 5.75 Å². The Hall–Kier alpha value is -1.13. The highest BCUT2D eigenvalue weighted by Crippen LogP contribution is 2.21. The summed E-state index contributed by atoms with van der Waals surface area (Å²) < 4.78 is 23.5. The lowest BCUT2D eigenvalue weighted by atomic mass is 10.1. The molecule has 0 aliphatic heterocycles. The van der Waals surface area contributed by atoms with Crippen molar-refractivity contribution in [3.63, 3.8) is 0 Å². The van der Waals surface area contributed by atoms with Crippen molar-refractivity contribution in [1.82, 2.24) is 0 Å². The van der Waals surface area contributed by atoms with Gasteiger partial charge in [-0.3, -0.25) is 0 Å². The minimum atomic E-state index is -0.278. The Kier molecular flexibility index (Phi) is 5.22. The molecular formula is C12H18FNO2. The molecule has 2 N–H and O–H groups in total. The van der Waals surface area contributed by atoms with Gasteiger partial charge in [-0.05, 0) is 44.0 Å². The highest BCUT2D eigenvalue weighted by atomic mass is 19.1. The van der Waals surface area contributed by atoms with E-state index in [1.165, 1.54) is 12.1 Å². The first kappa shape index (κ1) is 12.9. The quantitative estimate of drug-likeness (QED) is 0.598. The Morgan fingerprint density at radius 2 is 2.19 bits per heavy atom. The van der Waals surface area contributed by atoms with Gasteiger partial charge in [0.1, 0.15) is 11.6 Å². The first-order valence-electron chi connectivity index (χ1n) is 5.38. The second-order valence-corrected chi connectivity index (χ2v) is 3.69. The van der Waals surface area contributed by atoms with Crippen LogP contribution in [-0.4, -0.2) is 19.4 Å². The molecule has 0 saturated carbocycles. The van der Waals surface area contributed by atoms with Gasteiger partial charge in [-0.1, -0.05) is 0 Å². The zero-order valence-electron chi connectivity index (χ0n) is 9.70. The molecule has 0 saturated heterocycles. The number of hydrogen-bond donors (Lipinski definition) is 1. The maximum Gasteiger partial charge on any atom is 0.189 e. The van der Waals surface area contributed by atoms with Crippen LogP contribution < -0.4 is 10.5 Å². The lowest BCUT2D eigenvalue weighted by Crippen LogP contribution is -2.18. The molecular weight excluding hydrogens is 209 g/mol. The molecule has 0 amide bonds. The Morgan fingerprint density at radius 3 is 2.81 bits per heavy atom. The van der Waals surface area contributed by atoms with Crippen LogP contribution >= 0.6 is 0 Å². The van der Waals surface area contributed by atoms with Crippen LogP contribution in [-0.2, 0) is 11.2 Å². The van der Waals surface area contributed by atoms with Crippen LogP contribution in [0.4, 0.5) is 4.39 Å². The maximum absolute atomic E-state index is 13.1. The zero-order chi connectivity index (χ0) is 12.0. The van der Waals surface area contributed by atoms with Gasteiger partial charge >= 0.3 is 0 Å². The number of halogens is 1.